The number of aliphatic hydroxyl groups excluding tert-OH is 2. The molecule has 1 saturated carbocycles. The third kappa shape index (κ3) is 3.05. The van der Waals surface area contributed by atoms with Crippen LogP contribution >= 0.6 is 0 Å². The first kappa shape index (κ1) is 18.3. The molecule has 2 fully saturated rings. The molecule has 4 atom stereocenters. The van der Waals surface area contributed by atoms with E-state index in [1.807, 2.05) is 4.98 Å². The Balaban J connectivity index is 1.79. The number of aromatic nitrogens is 2. The number of rotatable bonds is 4. The Kier molecular flexibility index (Phi) is 4.95. The Morgan fingerprint density at radius 2 is 2.12 bits per heavy atom. The van der Waals surface area contributed by atoms with E-state index in [1.54, 1.807) is 6.07 Å². The van der Waals surface area contributed by atoms with Crippen molar-refractivity contribution in [3.63, 3.8) is 0 Å². The van der Waals surface area contributed by atoms with Gasteiger partial charge in [-0.15, -0.1) is 0 Å². The van der Waals surface area contributed by atoms with Gasteiger partial charge in [-0.1, -0.05) is 12.8 Å². The fourth-order valence-corrected chi connectivity index (χ4v) is 3.41. The number of hydrogen-bond donors (Lipinski definition) is 3. The number of hydrogen-bond acceptors (Lipinski definition) is 8. The number of ether oxygens (including phenoxy) is 2. The van der Waals surface area contributed by atoms with Crippen molar-refractivity contribution in [2.75, 3.05) is 6.61 Å². The fraction of sp³-hybridized carbons (Fsp3) is 0.625. The van der Waals surface area contributed by atoms with Crippen LogP contribution < -0.4 is 11.2 Å². The van der Waals surface area contributed by atoms with Gasteiger partial charge in [0.2, 0.25) is 0 Å². The first-order chi connectivity index (χ1) is 12.4. The van der Waals surface area contributed by atoms with Crippen LogP contribution in [0.5, 0.6) is 0 Å². The van der Waals surface area contributed by atoms with Crippen LogP contribution in [0.4, 0.5) is 0 Å². The topological polar surface area (TPSA) is 155 Å². The molecule has 3 N–H and O–H groups in total. The van der Waals surface area contributed by atoms with E-state index in [9.17, 15) is 29.9 Å². The van der Waals surface area contributed by atoms with Gasteiger partial charge in [0.1, 0.15) is 31.0 Å². The lowest BCUT2D eigenvalue weighted by molar-refractivity contribution is -0.158. The lowest BCUT2D eigenvalue weighted by Crippen LogP contribution is -2.50. The Labute approximate surface area is 147 Å². The van der Waals surface area contributed by atoms with Gasteiger partial charge in [-0.3, -0.25) is 19.1 Å². The van der Waals surface area contributed by atoms with E-state index in [2.05, 4.69) is 0 Å². The fourth-order valence-electron chi connectivity index (χ4n) is 3.41. The van der Waals surface area contributed by atoms with Gasteiger partial charge >= 0.3 is 11.7 Å². The molecule has 0 aromatic carbocycles. The number of H-pyrrole nitrogens is 1. The second kappa shape index (κ2) is 7.03. The number of nitriles is 1. The van der Waals surface area contributed by atoms with Crippen molar-refractivity contribution in [2.24, 2.45) is 5.92 Å². The summed E-state index contributed by atoms with van der Waals surface area (Å²) in [4.78, 5) is 37.1. The van der Waals surface area contributed by atoms with Crippen LogP contribution in [-0.4, -0.2) is 50.7 Å². The Morgan fingerprint density at radius 3 is 2.73 bits per heavy atom. The molecule has 1 aromatic rings. The van der Waals surface area contributed by atoms with Gasteiger partial charge in [0.15, 0.2) is 0 Å². The van der Waals surface area contributed by atoms with Gasteiger partial charge < -0.3 is 19.7 Å². The molecule has 3 rings (SSSR count). The lowest BCUT2D eigenvalue weighted by atomic mass is 10.0. The minimum absolute atomic E-state index is 0.194. The molecule has 0 radical (unpaired) electrons. The Morgan fingerprint density at radius 1 is 1.42 bits per heavy atom. The molecule has 2 aliphatic rings. The molecule has 0 bridgehead atoms. The molecule has 26 heavy (non-hydrogen) atoms. The van der Waals surface area contributed by atoms with Crippen LogP contribution in [0.1, 0.15) is 25.7 Å². The van der Waals surface area contributed by atoms with E-state index < -0.39 is 41.3 Å². The number of aliphatic hydroxyl groups is 2. The third-order valence-electron chi connectivity index (χ3n) is 4.86. The standard InChI is InChI=1S/C16H19N3O7/c17-8-16(19-6-5-11(20)18-15(19)24)13(22)12(21)10(26-16)7-25-14(23)9-3-1-2-4-9/h5-6,9-10,12-13,21-22H,1-4,7H2,(H,18,20,24)/t10-,12?,13?,16-/m1/s1. The maximum atomic E-state index is 12.0. The summed E-state index contributed by atoms with van der Waals surface area (Å²) in [6.45, 7) is -0.366. The zero-order valence-electron chi connectivity index (χ0n) is 13.8. The quantitative estimate of drug-likeness (QED) is 0.548. The number of nitrogens with one attached hydrogen (secondary N) is 1. The van der Waals surface area contributed by atoms with Gasteiger partial charge in [0, 0.05) is 12.3 Å². The average Bonchev–Trinajstić information content (AvgIpc) is 3.23. The predicted molar refractivity (Wildman–Crippen MR) is 84.7 cm³/mol. The molecule has 10 nitrogen and oxygen atoms in total. The van der Waals surface area contributed by atoms with E-state index >= 15 is 0 Å². The minimum atomic E-state index is -2.24. The summed E-state index contributed by atoms with van der Waals surface area (Å²) < 4.78 is 11.3. The van der Waals surface area contributed by atoms with Crippen LogP contribution in [0.15, 0.2) is 21.9 Å². The summed E-state index contributed by atoms with van der Waals surface area (Å²) in [5, 5.41) is 30.0. The van der Waals surface area contributed by atoms with Gasteiger partial charge in [-0.25, -0.2) is 4.79 Å². The van der Waals surface area contributed by atoms with Crippen molar-refractivity contribution in [3.05, 3.63) is 33.1 Å². The summed E-state index contributed by atoms with van der Waals surface area (Å²) in [5.41, 5.74) is -3.91. The highest BCUT2D eigenvalue weighted by atomic mass is 16.6. The highest BCUT2D eigenvalue weighted by Gasteiger charge is 2.57. The maximum Gasteiger partial charge on any atom is 0.331 e. The number of esters is 1. The van der Waals surface area contributed by atoms with Crippen LogP contribution in [-0.2, 0) is 20.0 Å². The van der Waals surface area contributed by atoms with Crippen LogP contribution in [0.2, 0.25) is 0 Å². The molecule has 1 aliphatic carbocycles. The van der Waals surface area contributed by atoms with Crippen LogP contribution in [0.25, 0.3) is 0 Å². The zero-order chi connectivity index (χ0) is 18.9. The predicted octanol–water partition coefficient (Wildman–Crippen LogP) is -1.43. The van der Waals surface area contributed by atoms with Crippen molar-refractivity contribution >= 4 is 5.97 Å². The second-order valence-corrected chi connectivity index (χ2v) is 6.49. The molecule has 10 heteroatoms. The molecular formula is C16H19N3O7. The number of carbonyl (C=O) groups is 1. The molecule has 2 heterocycles. The van der Waals surface area contributed by atoms with E-state index in [-0.39, 0.29) is 12.5 Å². The van der Waals surface area contributed by atoms with Crippen LogP contribution in [0, 0.1) is 17.2 Å². The normalized spacial score (nSPS) is 31.7. The first-order valence-electron chi connectivity index (χ1n) is 8.33. The lowest BCUT2D eigenvalue weighted by Gasteiger charge is -2.26. The monoisotopic (exact) mass is 365 g/mol. The molecular weight excluding hydrogens is 346 g/mol. The minimum Gasteiger partial charge on any atom is -0.463 e. The summed E-state index contributed by atoms with van der Waals surface area (Å²) in [6, 6.07) is 2.66. The summed E-state index contributed by atoms with van der Waals surface area (Å²) >= 11 is 0. The molecule has 0 amide bonds. The van der Waals surface area contributed by atoms with Gasteiger partial charge in [-0.2, -0.15) is 5.26 Å². The maximum absolute atomic E-state index is 12.0. The Hall–Kier alpha value is -2.48. The van der Waals surface area contributed by atoms with Crippen molar-refractivity contribution in [1.82, 2.24) is 9.55 Å². The number of carbonyl (C=O) groups excluding carboxylic acids is 1. The van der Waals surface area contributed by atoms with E-state index in [1.165, 1.54) is 0 Å². The summed E-state index contributed by atoms with van der Waals surface area (Å²) in [5.74, 6) is -0.607. The Bertz CT molecular complexity index is 835. The highest BCUT2D eigenvalue weighted by molar-refractivity contribution is 5.72. The van der Waals surface area contributed by atoms with E-state index in [0.29, 0.717) is 4.57 Å². The molecule has 140 valence electrons. The van der Waals surface area contributed by atoms with Crippen molar-refractivity contribution < 1.29 is 24.5 Å². The molecule has 1 aliphatic heterocycles. The number of aromatic amines is 1. The highest BCUT2D eigenvalue weighted by Crippen LogP contribution is 2.34. The number of nitrogens with zero attached hydrogens (tertiary/aromatic N) is 2. The van der Waals surface area contributed by atoms with Crippen molar-refractivity contribution in [3.8, 4) is 6.07 Å². The summed E-state index contributed by atoms with van der Waals surface area (Å²) in [7, 11) is 0. The second-order valence-electron chi connectivity index (χ2n) is 6.49. The zero-order valence-corrected chi connectivity index (χ0v) is 13.8. The van der Waals surface area contributed by atoms with Crippen molar-refractivity contribution in [2.45, 2.75) is 49.7 Å². The molecule has 1 saturated heterocycles. The van der Waals surface area contributed by atoms with Gasteiger partial charge in [0.05, 0.1) is 5.92 Å². The van der Waals surface area contributed by atoms with Crippen molar-refractivity contribution in [1.29, 1.82) is 5.26 Å². The smallest absolute Gasteiger partial charge is 0.331 e. The SMILES string of the molecule is N#C[C@@]1(n2ccc(=O)[nH]c2=O)O[C@H](COC(=O)C2CCCC2)C(O)C1O. The van der Waals surface area contributed by atoms with Gasteiger partial charge in [0.25, 0.3) is 11.3 Å². The van der Waals surface area contributed by atoms with Gasteiger partial charge in [-0.05, 0) is 12.8 Å². The largest absolute Gasteiger partial charge is 0.463 e. The molecule has 0 spiro atoms. The average molecular weight is 365 g/mol. The third-order valence-corrected chi connectivity index (χ3v) is 4.86. The summed E-state index contributed by atoms with van der Waals surface area (Å²) in [6.07, 6.45) is -0.172. The van der Waals surface area contributed by atoms with Crippen LogP contribution in [0.3, 0.4) is 0 Å². The molecule has 2 unspecified atom stereocenters. The van der Waals surface area contributed by atoms with E-state index in [4.69, 9.17) is 9.47 Å². The first-order valence-corrected chi connectivity index (χ1v) is 8.33. The molecule has 1 aromatic heterocycles. The van der Waals surface area contributed by atoms with E-state index in [0.717, 1.165) is 37.9 Å².